The fraction of sp³-hybridized carbons (Fsp3) is 0.273. The number of carbonyl (C=O) groups is 1. The Morgan fingerprint density at radius 3 is 2.88 bits per heavy atom. The molecule has 0 bridgehead atoms. The highest BCUT2D eigenvalue weighted by molar-refractivity contribution is 5.85. The number of hydrogen-bond donors (Lipinski definition) is 3. The number of nitrogens with one attached hydrogen (secondary N) is 1. The summed E-state index contributed by atoms with van der Waals surface area (Å²) in [5.41, 5.74) is 8.64. The SMILES string of the molecule is COc1cc(C/C(C)=N/NC(N)=O)ccc1O. The summed E-state index contributed by atoms with van der Waals surface area (Å²) in [6, 6.07) is 4.30. The number of nitrogens with zero attached hydrogens (tertiary/aromatic N) is 1. The second-order valence-electron chi connectivity index (χ2n) is 3.51. The van der Waals surface area contributed by atoms with E-state index >= 15 is 0 Å². The molecule has 6 nitrogen and oxygen atoms in total. The molecule has 1 rings (SSSR count). The van der Waals surface area contributed by atoms with Crippen LogP contribution in [0, 0.1) is 0 Å². The summed E-state index contributed by atoms with van der Waals surface area (Å²) in [6.07, 6.45) is 0.525. The first kappa shape index (κ1) is 12.8. The monoisotopic (exact) mass is 237 g/mol. The van der Waals surface area contributed by atoms with Crippen molar-refractivity contribution >= 4 is 11.7 Å². The maximum absolute atomic E-state index is 10.5. The number of rotatable bonds is 4. The van der Waals surface area contributed by atoms with E-state index in [1.54, 1.807) is 25.1 Å². The molecule has 0 aliphatic heterocycles. The number of benzene rings is 1. The number of phenolic OH excluding ortho intramolecular Hbond substituents is 1. The Morgan fingerprint density at radius 2 is 2.29 bits per heavy atom. The molecule has 17 heavy (non-hydrogen) atoms. The third-order valence-corrected chi connectivity index (χ3v) is 2.06. The fourth-order valence-electron chi connectivity index (χ4n) is 1.32. The zero-order valence-corrected chi connectivity index (χ0v) is 9.73. The summed E-state index contributed by atoms with van der Waals surface area (Å²) in [5, 5.41) is 13.2. The first-order chi connectivity index (χ1) is 8.02. The van der Waals surface area contributed by atoms with Crippen LogP contribution in [0.15, 0.2) is 23.3 Å². The molecule has 0 aliphatic rings. The predicted octanol–water partition coefficient (Wildman–Crippen LogP) is 0.988. The predicted molar refractivity (Wildman–Crippen MR) is 64.2 cm³/mol. The van der Waals surface area contributed by atoms with Gasteiger partial charge in [-0.1, -0.05) is 6.07 Å². The molecule has 0 unspecified atom stereocenters. The average molecular weight is 237 g/mol. The van der Waals surface area contributed by atoms with Gasteiger partial charge < -0.3 is 15.6 Å². The van der Waals surface area contributed by atoms with Crippen molar-refractivity contribution in [2.45, 2.75) is 13.3 Å². The Labute approximate surface area is 99.1 Å². The first-order valence-electron chi connectivity index (χ1n) is 4.97. The van der Waals surface area contributed by atoms with Crippen molar-refractivity contribution in [2.75, 3.05) is 7.11 Å². The van der Waals surface area contributed by atoms with Crippen LogP contribution in [0.1, 0.15) is 12.5 Å². The van der Waals surface area contributed by atoms with E-state index in [4.69, 9.17) is 10.5 Å². The smallest absolute Gasteiger partial charge is 0.332 e. The topological polar surface area (TPSA) is 96.9 Å². The van der Waals surface area contributed by atoms with Crippen molar-refractivity contribution in [3.05, 3.63) is 23.8 Å². The Hall–Kier alpha value is -2.24. The van der Waals surface area contributed by atoms with Crippen molar-refractivity contribution < 1.29 is 14.6 Å². The molecule has 1 aromatic rings. The zero-order valence-electron chi connectivity index (χ0n) is 9.73. The number of amides is 2. The summed E-state index contributed by atoms with van der Waals surface area (Å²) in [7, 11) is 1.48. The van der Waals surface area contributed by atoms with Gasteiger partial charge >= 0.3 is 6.03 Å². The standard InChI is InChI=1S/C11H15N3O3/c1-7(13-14-11(12)16)5-8-3-4-9(15)10(6-8)17-2/h3-4,6,15H,5H2,1-2H3,(H3,12,14,16)/b13-7+. The molecule has 6 heteroatoms. The zero-order chi connectivity index (χ0) is 12.8. The van der Waals surface area contributed by atoms with Gasteiger partial charge in [-0.25, -0.2) is 10.2 Å². The number of urea groups is 1. The minimum atomic E-state index is -0.701. The number of carbonyl (C=O) groups excluding carboxylic acids is 1. The molecule has 0 radical (unpaired) electrons. The van der Waals surface area contributed by atoms with Gasteiger partial charge in [-0.15, -0.1) is 0 Å². The lowest BCUT2D eigenvalue weighted by molar-refractivity contribution is 0.249. The van der Waals surface area contributed by atoms with Crippen LogP contribution in [0.4, 0.5) is 4.79 Å². The van der Waals surface area contributed by atoms with E-state index in [1.165, 1.54) is 7.11 Å². The number of ether oxygens (including phenoxy) is 1. The highest BCUT2D eigenvalue weighted by atomic mass is 16.5. The average Bonchev–Trinajstić information content (AvgIpc) is 2.29. The first-order valence-corrected chi connectivity index (χ1v) is 4.97. The van der Waals surface area contributed by atoms with Crippen LogP contribution >= 0.6 is 0 Å². The van der Waals surface area contributed by atoms with Crippen molar-refractivity contribution in [1.29, 1.82) is 0 Å². The summed E-state index contributed by atoms with van der Waals surface area (Å²) < 4.78 is 4.99. The molecular formula is C11H15N3O3. The van der Waals surface area contributed by atoms with Gasteiger partial charge in [0.2, 0.25) is 0 Å². The Kier molecular flexibility index (Phi) is 4.33. The number of hydrogen-bond acceptors (Lipinski definition) is 4. The maximum atomic E-state index is 10.5. The van der Waals surface area contributed by atoms with E-state index in [-0.39, 0.29) is 5.75 Å². The van der Waals surface area contributed by atoms with Crippen LogP contribution in [0.2, 0.25) is 0 Å². The third kappa shape index (κ3) is 4.02. The molecule has 0 saturated heterocycles. The quantitative estimate of drug-likeness (QED) is 0.538. The Morgan fingerprint density at radius 1 is 1.59 bits per heavy atom. The molecule has 0 saturated carbocycles. The normalized spacial score (nSPS) is 11.1. The minimum absolute atomic E-state index is 0.0844. The largest absolute Gasteiger partial charge is 0.504 e. The molecule has 0 aromatic heterocycles. The van der Waals surface area contributed by atoms with E-state index in [2.05, 4.69) is 10.5 Å². The van der Waals surface area contributed by atoms with Gasteiger partial charge in [-0.3, -0.25) is 0 Å². The molecule has 0 spiro atoms. The van der Waals surface area contributed by atoms with Crippen LogP contribution in [0.25, 0.3) is 0 Å². The molecule has 0 heterocycles. The van der Waals surface area contributed by atoms with E-state index in [0.717, 1.165) is 5.56 Å². The van der Waals surface area contributed by atoms with Gasteiger partial charge in [0.05, 0.1) is 7.11 Å². The molecule has 2 amide bonds. The molecule has 4 N–H and O–H groups in total. The number of nitrogens with two attached hydrogens (primary N) is 1. The Balaban J connectivity index is 2.74. The van der Waals surface area contributed by atoms with Gasteiger partial charge in [0.25, 0.3) is 0 Å². The number of phenols is 1. The summed E-state index contributed by atoms with van der Waals surface area (Å²) in [4.78, 5) is 10.5. The number of primary amides is 1. The number of methoxy groups -OCH3 is 1. The van der Waals surface area contributed by atoms with E-state index < -0.39 is 6.03 Å². The van der Waals surface area contributed by atoms with Crippen LogP contribution in [0.3, 0.4) is 0 Å². The third-order valence-electron chi connectivity index (χ3n) is 2.06. The lowest BCUT2D eigenvalue weighted by Gasteiger charge is -2.06. The molecule has 0 atom stereocenters. The van der Waals surface area contributed by atoms with Crippen LogP contribution < -0.4 is 15.9 Å². The lowest BCUT2D eigenvalue weighted by atomic mass is 10.1. The Bertz CT molecular complexity index is 444. The van der Waals surface area contributed by atoms with Crippen molar-refractivity contribution in [3.63, 3.8) is 0 Å². The van der Waals surface area contributed by atoms with Gasteiger partial charge in [0.15, 0.2) is 11.5 Å². The molecule has 92 valence electrons. The second-order valence-corrected chi connectivity index (χ2v) is 3.51. The summed E-state index contributed by atoms with van der Waals surface area (Å²) in [6.45, 7) is 1.76. The van der Waals surface area contributed by atoms with E-state index in [0.29, 0.717) is 17.9 Å². The van der Waals surface area contributed by atoms with Crippen LogP contribution in [-0.4, -0.2) is 24.0 Å². The molecule has 1 aromatic carbocycles. The van der Waals surface area contributed by atoms with Gasteiger partial charge in [0.1, 0.15) is 0 Å². The maximum Gasteiger partial charge on any atom is 0.332 e. The number of hydrazone groups is 1. The van der Waals surface area contributed by atoms with Gasteiger partial charge in [0, 0.05) is 12.1 Å². The number of aromatic hydroxyl groups is 1. The van der Waals surface area contributed by atoms with Gasteiger partial charge in [-0.05, 0) is 24.6 Å². The van der Waals surface area contributed by atoms with Crippen molar-refractivity contribution in [2.24, 2.45) is 10.8 Å². The summed E-state index contributed by atoms with van der Waals surface area (Å²) >= 11 is 0. The molecule has 0 aliphatic carbocycles. The van der Waals surface area contributed by atoms with Crippen molar-refractivity contribution in [1.82, 2.24) is 5.43 Å². The van der Waals surface area contributed by atoms with Crippen LogP contribution in [-0.2, 0) is 6.42 Å². The van der Waals surface area contributed by atoms with E-state index in [9.17, 15) is 9.90 Å². The fourth-order valence-corrected chi connectivity index (χ4v) is 1.32. The highest BCUT2D eigenvalue weighted by Crippen LogP contribution is 2.26. The lowest BCUT2D eigenvalue weighted by Crippen LogP contribution is -2.25. The van der Waals surface area contributed by atoms with Crippen LogP contribution in [0.5, 0.6) is 11.5 Å². The van der Waals surface area contributed by atoms with E-state index in [1.807, 2.05) is 0 Å². The minimum Gasteiger partial charge on any atom is -0.504 e. The highest BCUT2D eigenvalue weighted by Gasteiger charge is 2.03. The van der Waals surface area contributed by atoms with Gasteiger partial charge in [-0.2, -0.15) is 5.10 Å². The second kappa shape index (κ2) is 5.74. The molecule has 0 fully saturated rings. The summed E-state index contributed by atoms with van der Waals surface area (Å²) in [5.74, 6) is 0.485. The molecular weight excluding hydrogens is 222 g/mol. The van der Waals surface area contributed by atoms with Crippen molar-refractivity contribution in [3.8, 4) is 11.5 Å².